The molecule has 3 atom stereocenters. The molecule has 1 aliphatic carbocycles. The smallest absolute Gasteiger partial charge is 0.119 e. The number of halogens is 1. The van der Waals surface area contributed by atoms with Gasteiger partial charge < -0.3 is 10.1 Å². The molecule has 1 saturated carbocycles. The van der Waals surface area contributed by atoms with Gasteiger partial charge in [0.15, 0.2) is 0 Å². The molecule has 1 N–H and O–H groups in total. The summed E-state index contributed by atoms with van der Waals surface area (Å²) in [5, 5.41) is 3.66. The van der Waals surface area contributed by atoms with Gasteiger partial charge in [0.1, 0.15) is 5.75 Å². The van der Waals surface area contributed by atoms with Crippen LogP contribution in [0.5, 0.6) is 5.75 Å². The number of ether oxygens (including phenoxy) is 1. The minimum atomic E-state index is 0.343. The van der Waals surface area contributed by atoms with Gasteiger partial charge in [0.05, 0.1) is 7.11 Å². The highest BCUT2D eigenvalue weighted by Crippen LogP contribution is 2.49. The standard InChI is InChI=1S/C19H22BrNO/c1-13(14-6-5-7-16(10-14)22-2)21-12-15-11-18(15)17-8-3-4-9-19(17)20/h3-10,13,15,18,21H,11-12H2,1-2H3/t13-,15?,18?/m1/s1. The van der Waals surface area contributed by atoms with E-state index in [0.717, 1.165) is 18.2 Å². The van der Waals surface area contributed by atoms with Gasteiger partial charge in [-0.15, -0.1) is 0 Å². The van der Waals surface area contributed by atoms with E-state index in [1.54, 1.807) is 7.11 Å². The first-order chi connectivity index (χ1) is 10.7. The molecule has 1 aliphatic rings. The van der Waals surface area contributed by atoms with Crippen molar-refractivity contribution < 1.29 is 4.74 Å². The summed E-state index contributed by atoms with van der Waals surface area (Å²) < 4.78 is 6.54. The molecule has 0 spiro atoms. The van der Waals surface area contributed by atoms with Gasteiger partial charge in [-0.3, -0.25) is 0 Å². The minimum absolute atomic E-state index is 0.343. The zero-order valence-corrected chi connectivity index (χ0v) is 14.6. The van der Waals surface area contributed by atoms with E-state index in [9.17, 15) is 0 Å². The first kappa shape index (κ1) is 15.6. The van der Waals surface area contributed by atoms with Crippen molar-refractivity contribution in [1.29, 1.82) is 0 Å². The summed E-state index contributed by atoms with van der Waals surface area (Å²) in [4.78, 5) is 0. The summed E-state index contributed by atoms with van der Waals surface area (Å²) in [6.07, 6.45) is 1.28. The van der Waals surface area contributed by atoms with Gasteiger partial charge >= 0.3 is 0 Å². The van der Waals surface area contributed by atoms with E-state index < -0.39 is 0 Å². The van der Waals surface area contributed by atoms with Crippen molar-refractivity contribution in [2.45, 2.75) is 25.3 Å². The number of hydrogen-bond acceptors (Lipinski definition) is 2. The van der Waals surface area contributed by atoms with Crippen LogP contribution in [0.15, 0.2) is 53.0 Å². The first-order valence-electron chi connectivity index (χ1n) is 7.81. The highest BCUT2D eigenvalue weighted by molar-refractivity contribution is 9.10. The molecule has 2 unspecified atom stereocenters. The Balaban J connectivity index is 1.54. The van der Waals surface area contributed by atoms with E-state index in [2.05, 4.69) is 64.6 Å². The van der Waals surface area contributed by atoms with Gasteiger partial charge in [0.2, 0.25) is 0 Å². The number of hydrogen-bond donors (Lipinski definition) is 1. The molecule has 116 valence electrons. The van der Waals surface area contributed by atoms with Crippen LogP contribution in [0.25, 0.3) is 0 Å². The Labute approximate surface area is 141 Å². The van der Waals surface area contributed by atoms with Crippen LogP contribution in [0.3, 0.4) is 0 Å². The Morgan fingerprint density at radius 1 is 1.23 bits per heavy atom. The van der Waals surface area contributed by atoms with Crippen LogP contribution in [0.4, 0.5) is 0 Å². The van der Waals surface area contributed by atoms with Crippen molar-refractivity contribution in [3.8, 4) is 5.75 Å². The highest BCUT2D eigenvalue weighted by atomic mass is 79.9. The zero-order chi connectivity index (χ0) is 15.5. The molecule has 22 heavy (non-hydrogen) atoms. The second-order valence-corrected chi connectivity index (χ2v) is 6.88. The molecule has 0 radical (unpaired) electrons. The third-order valence-corrected chi connectivity index (χ3v) is 5.23. The molecule has 2 nitrogen and oxygen atoms in total. The van der Waals surface area contributed by atoms with Crippen molar-refractivity contribution in [2.24, 2.45) is 5.92 Å². The molecule has 1 fully saturated rings. The normalized spacial score (nSPS) is 21.4. The molecule has 0 heterocycles. The fourth-order valence-electron chi connectivity index (χ4n) is 2.99. The van der Waals surface area contributed by atoms with Crippen LogP contribution < -0.4 is 10.1 Å². The number of rotatable bonds is 6. The van der Waals surface area contributed by atoms with Gasteiger partial charge in [-0.1, -0.05) is 46.3 Å². The fraction of sp³-hybridized carbons (Fsp3) is 0.368. The van der Waals surface area contributed by atoms with E-state index in [-0.39, 0.29) is 0 Å². The number of benzene rings is 2. The van der Waals surface area contributed by atoms with Gasteiger partial charge in [-0.05, 0) is 61.1 Å². The maximum absolute atomic E-state index is 5.30. The Morgan fingerprint density at radius 3 is 2.82 bits per heavy atom. The number of methoxy groups -OCH3 is 1. The molecule has 0 bridgehead atoms. The quantitative estimate of drug-likeness (QED) is 0.790. The van der Waals surface area contributed by atoms with Gasteiger partial charge in [0, 0.05) is 10.5 Å². The highest BCUT2D eigenvalue weighted by Gasteiger charge is 2.38. The third-order valence-electron chi connectivity index (χ3n) is 4.51. The van der Waals surface area contributed by atoms with Crippen molar-refractivity contribution in [1.82, 2.24) is 5.32 Å². The molecule has 0 aliphatic heterocycles. The average molecular weight is 360 g/mol. The second-order valence-electron chi connectivity index (χ2n) is 6.03. The van der Waals surface area contributed by atoms with E-state index in [4.69, 9.17) is 4.74 Å². The van der Waals surface area contributed by atoms with E-state index in [1.165, 1.54) is 22.0 Å². The van der Waals surface area contributed by atoms with E-state index >= 15 is 0 Å². The van der Waals surface area contributed by atoms with Gasteiger partial charge in [-0.2, -0.15) is 0 Å². The molecule has 3 rings (SSSR count). The SMILES string of the molecule is COc1cccc([C@@H](C)NCC2CC2c2ccccc2Br)c1. The first-order valence-corrected chi connectivity index (χ1v) is 8.60. The Morgan fingerprint density at radius 2 is 2.05 bits per heavy atom. The summed E-state index contributed by atoms with van der Waals surface area (Å²) in [5.41, 5.74) is 2.72. The molecular formula is C19H22BrNO. The van der Waals surface area contributed by atoms with Crippen LogP contribution in [-0.4, -0.2) is 13.7 Å². The van der Waals surface area contributed by atoms with E-state index in [1.807, 2.05) is 12.1 Å². The molecule has 2 aromatic rings. The van der Waals surface area contributed by atoms with Crippen molar-refractivity contribution in [2.75, 3.05) is 13.7 Å². The van der Waals surface area contributed by atoms with Crippen molar-refractivity contribution >= 4 is 15.9 Å². The zero-order valence-electron chi connectivity index (χ0n) is 13.1. The van der Waals surface area contributed by atoms with Crippen LogP contribution in [0, 0.1) is 5.92 Å². The summed E-state index contributed by atoms with van der Waals surface area (Å²) >= 11 is 3.66. The van der Waals surface area contributed by atoms with Crippen LogP contribution in [0.2, 0.25) is 0 Å². The topological polar surface area (TPSA) is 21.3 Å². The molecule has 3 heteroatoms. The Hall–Kier alpha value is -1.32. The Bertz CT molecular complexity index is 643. The average Bonchev–Trinajstić information content (AvgIpc) is 3.32. The fourth-order valence-corrected chi connectivity index (χ4v) is 3.57. The van der Waals surface area contributed by atoms with E-state index in [0.29, 0.717) is 12.0 Å². The second kappa shape index (κ2) is 6.84. The lowest BCUT2D eigenvalue weighted by Crippen LogP contribution is -2.21. The predicted molar refractivity (Wildman–Crippen MR) is 94.4 cm³/mol. The van der Waals surface area contributed by atoms with Gasteiger partial charge in [-0.25, -0.2) is 0 Å². The van der Waals surface area contributed by atoms with Crippen molar-refractivity contribution in [3.63, 3.8) is 0 Å². The lowest BCUT2D eigenvalue weighted by Gasteiger charge is -2.15. The minimum Gasteiger partial charge on any atom is -0.497 e. The largest absolute Gasteiger partial charge is 0.497 e. The molecule has 0 saturated heterocycles. The van der Waals surface area contributed by atoms with Gasteiger partial charge in [0.25, 0.3) is 0 Å². The molecule has 0 amide bonds. The van der Waals surface area contributed by atoms with Crippen LogP contribution >= 0.6 is 15.9 Å². The maximum Gasteiger partial charge on any atom is 0.119 e. The number of nitrogens with one attached hydrogen (secondary N) is 1. The maximum atomic E-state index is 5.30. The molecular weight excluding hydrogens is 338 g/mol. The summed E-state index contributed by atoms with van der Waals surface area (Å²) in [6, 6.07) is 17.2. The molecule has 2 aromatic carbocycles. The predicted octanol–water partition coefficient (Wildman–Crippen LogP) is 4.91. The van der Waals surface area contributed by atoms with Crippen LogP contribution in [0.1, 0.15) is 36.4 Å². The monoisotopic (exact) mass is 359 g/mol. The summed E-state index contributed by atoms with van der Waals surface area (Å²) in [6.45, 7) is 3.27. The van der Waals surface area contributed by atoms with Crippen LogP contribution in [-0.2, 0) is 0 Å². The summed E-state index contributed by atoms with van der Waals surface area (Å²) in [5.74, 6) is 2.36. The molecule has 0 aromatic heterocycles. The lowest BCUT2D eigenvalue weighted by atomic mass is 10.1. The Kier molecular flexibility index (Phi) is 4.84. The van der Waals surface area contributed by atoms with Crippen molar-refractivity contribution in [3.05, 3.63) is 64.1 Å². The summed E-state index contributed by atoms with van der Waals surface area (Å²) in [7, 11) is 1.71. The third kappa shape index (κ3) is 3.53. The lowest BCUT2D eigenvalue weighted by molar-refractivity contribution is 0.413.